The zero-order valence-electron chi connectivity index (χ0n) is 11.3. The van der Waals surface area contributed by atoms with Crippen LogP contribution in [0.15, 0.2) is 18.2 Å². The Balaban J connectivity index is 2.03. The van der Waals surface area contributed by atoms with Crippen LogP contribution in [0, 0.1) is 0 Å². The topological polar surface area (TPSA) is 52.6 Å². The largest absolute Gasteiger partial charge is 0.394 e. The maximum Gasteiger partial charge on any atom is 0.318 e. The minimum Gasteiger partial charge on any atom is -0.394 e. The molecule has 1 saturated heterocycles. The first-order chi connectivity index (χ1) is 9.52. The van der Waals surface area contributed by atoms with Gasteiger partial charge in [0.05, 0.1) is 18.7 Å². The second-order valence-electron chi connectivity index (χ2n) is 5.01. The van der Waals surface area contributed by atoms with Crippen LogP contribution in [0.3, 0.4) is 0 Å². The second-order valence-corrected chi connectivity index (χ2v) is 5.85. The van der Waals surface area contributed by atoms with Crippen molar-refractivity contribution in [2.24, 2.45) is 0 Å². The average molecular weight is 317 g/mol. The number of hydrogen-bond acceptors (Lipinski definition) is 2. The Morgan fingerprint density at radius 3 is 2.95 bits per heavy atom. The number of amides is 2. The number of likely N-dealkylation sites (tertiary alicyclic amines) is 1. The number of aliphatic hydroxyl groups excluding tert-OH is 1. The molecular formula is C14H18Cl2N2O2. The smallest absolute Gasteiger partial charge is 0.318 e. The molecule has 20 heavy (non-hydrogen) atoms. The summed E-state index contributed by atoms with van der Waals surface area (Å²) in [7, 11) is 0. The maximum absolute atomic E-state index is 12.2. The molecule has 0 saturated carbocycles. The minimum atomic E-state index is -0.216. The first-order valence-electron chi connectivity index (χ1n) is 6.66. The van der Waals surface area contributed by atoms with Crippen LogP contribution in [0.25, 0.3) is 0 Å². The Hall–Kier alpha value is -0.970. The quantitative estimate of drug-likeness (QED) is 0.899. The fraction of sp³-hybridized carbons (Fsp3) is 0.500. The predicted molar refractivity (Wildman–Crippen MR) is 80.2 cm³/mol. The van der Waals surface area contributed by atoms with Gasteiger partial charge in [0.15, 0.2) is 0 Å². The van der Waals surface area contributed by atoms with E-state index < -0.39 is 0 Å². The lowest BCUT2D eigenvalue weighted by atomic mass is 10.1. The molecule has 0 aliphatic carbocycles. The number of carbonyl (C=O) groups excluding carboxylic acids is 1. The Labute approximate surface area is 128 Å². The van der Waals surface area contributed by atoms with Gasteiger partial charge in [0.25, 0.3) is 0 Å². The molecule has 1 aliphatic rings. The maximum atomic E-state index is 12.2. The highest BCUT2D eigenvalue weighted by molar-refractivity contribution is 6.35. The molecule has 0 bridgehead atoms. The zero-order valence-corrected chi connectivity index (χ0v) is 12.8. The summed E-state index contributed by atoms with van der Waals surface area (Å²) in [5.41, 5.74) is 0.823. The number of nitrogens with one attached hydrogen (secondary N) is 1. The molecule has 6 heteroatoms. The fourth-order valence-corrected chi connectivity index (χ4v) is 3.06. The highest BCUT2D eigenvalue weighted by Crippen LogP contribution is 2.26. The molecule has 4 nitrogen and oxygen atoms in total. The molecule has 2 unspecified atom stereocenters. The third-order valence-electron chi connectivity index (χ3n) is 3.62. The van der Waals surface area contributed by atoms with Crippen molar-refractivity contribution < 1.29 is 9.90 Å². The highest BCUT2D eigenvalue weighted by Gasteiger charge is 2.29. The number of urea groups is 1. The summed E-state index contributed by atoms with van der Waals surface area (Å²) in [4.78, 5) is 13.9. The van der Waals surface area contributed by atoms with E-state index in [1.807, 2.05) is 13.0 Å². The number of nitrogens with zero attached hydrogens (tertiary/aromatic N) is 1. The van der Waals surface area contributed by atoms with Gasteiger partial charge in [0.2, 0.25) is 0 Å². The second kappa shape index (κ2) is 6.66. The van der Waals surface area contributed by atoms with Gasteiger partial charge >= 0.3 is 6.03 Å². The molecule has 1 aromatic rings. The highest BCUT2D eigenvalue weighted by atomic mass is 35.5. The van der Waals surface area contributed by atoms with E-state index in [2.05, 4.69) is 5.32 Å². The van der Waals surface area contributed by atoms with Crippen LogP contribution in [-0.4, -0.2) is 35.2 Å². The van der Waals surface area contributed by atoms with Crippen LogP contribution >= 0.6 is 23.2 Å². The summed E-state index contributed by atoms with van der Waals surface area (Å²) in [6.07, 6.45) is 1.77. The molecule has 2 rings (SSSR count). The number of halogens is 2. The summed E-state index contributed by atoms with van der Waals surface area (Å²) in [5.74, 6) is 0. The van der Waals surface area contributed by atoms with E-state index in [4.69, 9.17) is 23.2 Å². The van der Waals surface area contributed by atoms with Crippen LogP contribution in [0.5, 0.6) is 0 Å². The molecule has 110 valence electrons. The van der Waals surface area contributed by atoms with Gasteiger partial charge in [-0.1, -0.05) is 29.3 Å². The lowest BCUT2D eigenvalue weighted by Gasteiger charge is -2.26. The third kappa shape index (κ3) is 3.37. The van der Waals surface area contributed by atoms with Gasteiger partial charge in [-0.05, 0) is 37.5 Å². The van der Waals surface area contributed by atoms with Crippen molar-refractivity contribution >= 4 is 29.2 Å². The first kappa shape index (κ1) is 15.4. The Bertz CT molecular complexity index is 496. The molecule has 0 spiro atoms. The van der Waals surface area contributed by atoms with Crippen molar-refractivity contribution in [3.05, 3.63) is 33.8 Å². The summed E-state index contributed by atoms with van der Waals surface area (Å²) >= 11 is 12.0. The SMILES string of the molecule is CC(NC(=O)N1CCCC1CO)c1ccc(Cl)cc1Cl. The average Bonchev–Trinajstić information content (AvgIpc) is 2.86. The van der Waals surface area contributed by atoms with Gasteiger partial charge in [0, 0.05) is 16.6 Å². The number of hydrogen-bond donors (Lipinski definition) is 2. The first-order valence-corrected chi connectivity index (χ1v) is 7.41. The summed E-state index contributed by atoms with van der Waals surface area (Å²) in [5, 5.41) is 13.3. The van der Waals surface area contributed by atoms with Gasteiger partial charge < -0.3 is 15.3 Å². The lowest BCUT2D eigenvalue weighted by molar-refractivity contribution is 0.155. The predicted octanol–water partition coefficient (Wildman–Crippen LogP) is 3.22. The van der Waals surface area contributed by atoms with E-state index in [9.17, 15) is 9.90 Å². The molecule has 1 aromatic carbocycles. The van der Waals surface area contributed by atoms with E-state index in [-0.39, 0.29) is 24.7 Å². The summed E-state index contributed by atoms with van der Waals surface area (Å²) in [6.45, 7) is 2.55. The number of aliphatic hydroxyl groups is 1. The van der Waals surface area contributed by atoms with Gasteiger partial charge in [-0.25, -0.2) is 4.79 Å². The van der Waals surface area contributed by atoms with E-state index in [0.29, 0.717) is 16.6 Å². The van der Waals surface area contributed by atoms with E-state index in [1.165, 1.54) is 0 Å². The van der Waals surface area contributed by atoms with E-state index in [0.717, 1.165) is 18.4 Å². The van der Waals surface area contributed by atoms with Gasteiger partial charge in [0.1, 0.15) is 0 Å². The van der Waals surface area contributed by atoms with E-state index in [1.54, 1.807) is 17.0 Å². The Kier molecular flexibility index (Phi) is 5.13. The van der Waals surface area contributed by atoms with Crippen LogP contribution < -0.4 is 5.32 Å². The number of rotatable bonds is 3. The summed E-state index contributed by atoms with van der Waals surface area (Å²) in [6, 6.07) is 4.75. The molecule has 1 aliphatic heterocycles. The van der Waals surface area contributed by atoms with Crippen molar-refractivity contribution in [2.45, 2.75) is 31.8 Å². The van der Waals surface area contributed by atoms with Crippen LogP contribution in [0.4, 0.5) is 4.79 Å². The van der Waals surface area contributed by atoms with Gasteiger partial charge in [-0.2, -0.15) is 0 Å². The Morgan fingerprint density at radius 2 is 2.30 bits per heavy atom. The number of carbonyl (C=O) groups is 1. The van der Waals surface area contributed by atoms with Crippen molar-refractivity contribution in [1.29, 1.82) is 0 Å². The normalized spacial score (nSPS) is 20.0. The fourth-order valence-electron chi connectivity index (χ4n) is 2.49. The molecule has 2 amide bonds. The van der Waals surface area contributed by atoms with Crippen molar-refractivity contribution in [3.63, 3.8) is 0 Å². The van der Waals surface area contributed by atoms with Gasteiger partial charge in [-0.15, -0.1) is 0 Å². The summed E-state index contributed by atoms with van der Waals surface area (Å²) < 4.78 is 0. The molecule has 2 N–H and O–H groups in total. The molecule has 1 fully saturated rings. The molecular weight excluding hydrogens is 299 g/mol. The van der Waals surface area contributed by atoms with Crippen molar-refractivity contribution in [2.75, 3.05) is 13.2 Å². The third-order valence-corrected chi connectivity index (χ3v) is 4.18. The molecule has 0 radical (unpaired) electrons. The van der Waals surface area contributed by atoms with Crippen LogP contribution in [0.2, 0.25) is 10.0 Å². The van der Waals surface area contributed by atoms with Crippen molar-refractivity contribution in [3.8, 4) is 0 Å². The zero-order chi connectivity index (χ0) is 14.7. The molecule has 1 heterocycles. The van der Waals surface area contributed by atoms with Gasteiger partial charge in [-0.3, -0.25) is 0 Å². The lowest BCUT2D eigenvalue weighted by Crippen LogP contribution is -2.44. The standard InChI is InChI=1S/C14H18Cl2N2O2/c1-9(12-5-4-10(15)7-13(12)16)17-14(20)18-6-2-3-11(18)8-19/h4-5,7,9,11,19H,2-3,6,8H2,1H3,(H,17,20). The van der Waals surface area contributed by atoms with Crippen LogP contribution in [-0.2, 0) is 0 Å². The Morgan fingerprint density at radius 1 is 1.55 bits per heavy atom. The molecule has 2 atom stereocenters. The number of benzene rings is 1. The van der Waals surface area contributed by atoms with E-state index >= 15 is 0 Å². The minimum absolute atomic E-state index is 0.00347. The molecule has 0 aromatic heterocycles. The monoisotopic (exact) mass is 316 g/mol. The van der Waals surface area contributed by atoms with Crippen molar-refractivity contribution in [1.82, 2.24) is 10.2 Å². The van der Waals surface area contributed by atoms with Crippen LogP contribution in [0.1, 0.15) is 31.4 Å².